The number of benzene rings is 2. The first-order valence-corrected chi connectivity index (χ1v) is 7.90. The molecule has 0 saturated carbocycles. The van der Waals surface area contributed by atoms with Gasteiger partial charge in [-0.25, -0.2) is 0 Å². The minimum Gasteiger partial charge on any atom is -0.497 e. The zero-order valence-corrected chi connectivity index (χ0v) is 14.4. The SMILES string of the molecule is COc1ccc(Nc2cc(C)n(-c3ccc(OC)cc3)c(=O)c2)cc1. The molecule has 128 valence electrons. The summed E-state index contributed by atoms with van der Waals surface area (Å²) in [5, 5.41) is 3.24. The van der Waals surface area contributed by atoms with Crippen LogP contribution in [0.1, 0.15) is 5.69 Å². The van der Waals surface area contributed by atoms with Gasteiger partial charge in [0.1, 0.15) is 11.5 Å². The van der Waals surface area contributed by atoms with Crippen LogP contribution in [0, 0.1) is 6.92 Å². The molecule has 0 radical (unpaired) electrons. The van der Waals surface area contributed by atoms with Gasteiger partial charge in [0.05, 0.1) is 14.2 Å². The molecule has 0 saturated heterocycles. The van der Waals surface area contributed by atoms with E-state index in [1.807, 2.05) is 61.5 Å². The first-order chi connectivity index (χ1) is 12.1. The molecular formula is C20H20N2O3. The standard InChI is InChI=1S/C20H20N2O3/c1-14-12-16(21-15-4-8-18(24-2)9-5-15)13-20(23)22(14)17-6-10-19(25-3)11-7-17/h4-13,21H,1-3H3. The molecule has 1 aromatic heterocycles. The Hall–Kier alpha value is -3.21. The highest BCUT2D eigenvalue weighted by Crippen LogP contribution is 2.21. The van der Waals surface area contributed by atoms with Crippen LogP contribution in [0.25, 0.3) is 5.69 Å². The van der Waals surface area contributed by atoms with E-state index in [2.05, 4.69) is 5.32 Å². The summed E-state index contributed by atoms with van der Waals surface area (Å²) in [6, 6.07) is 18.5. The van der Waals surface area contributed by atoms with Crippen LogP contribution in [-0.4, -0.2) is 18.8 Å². The molecule has 3 rings (SSSR count). The molecule has 0 aliphatic carbocycles. The maximum atomic E-state index is 12.6. The van der Waals surface area contributed by atoms with Crippen LogP contribution in [0.3, 0.4) is 0 Å². The predicted octanol–water partition coefficient (Wildman–Crippen LogP) is 3.91. The Bertz CT molecular complexity index is 913. The monoisotopic (exact) mass is 336 g/mol. The van der Waals surface area contributed by atoms with E-state index in [0.717, 1.165) is 34.3 Å². The average molecular weight is 336 g/mol. The molecule has 5 nitrogen and oxygen atoms in total. The van der Waals surface area contributed by atoms with Gasteiger partial charge in [0.25, 0.3) is 5.56 Å². The lowest BCUT2D eigenvalue weighted by molar-refractivity contribution is 0.414. The van der Waals surface area contributed by atoms with Gasteiger partial charge in [-0.05, 0) is 61.5 Å². The summed E-state index contributed by atoms with van der Waals surface area (Å²) in [7, 11) is 3.25. The van der Waals surface area contributed by atoms with E-state index >= 15 is 0 Å². The average Bonchev–Trinajstić information content (AvgIpc) is 2.62. The Morgan fingerprint density at radius 1 is 0.800 bits per heavy atom. The molecule has 0 atom stereocenters. The van der Waals surface area contributed by atoms with Gasteiger partial charge in [-0.1, -0.05) is 0 Å². The van der Waals surface area contributed by atoms with Crippen molar-refractivity contribution in [3.05, 3.63) is 76.7 Å². The number of aromatic nitrogens is 1. The van der Waals surface area contributed by atoms with Crippen molar-refractivity contribution in [3.8, 4) is 17.2 Å². The van der Waals surface area contributed by atoms with E-state index in [-0.39, 0.29) is 5.56 Å². The first-order valence-electron chi connectivity index (χ1n) is 7.90. The molecule has 5 heteroatoms. The summed E-state index contributed by atoms with van der Waals surface area (Å²) in [4.78, 5) is 12.6. The lowest BCUT2D eigenvalue weighted by Gasteiger charge is -2.13. The zero-order chi connectivity index (χ0) is 17.8. The summed E-state index contributed by atoms with van der Waals surface area (Å²) in [6.45, 7) is 1.91. The van der Waals surface area contributed by atoms with E-state index in [1.165, 1.54) is 0 Å². The fourth-order valence-electron chi connectivity index (χ4n) is 2.68. The molecule has 3 aromatic rings. The number of rotatable bonds is 5. The van der Waals surface area contributed by atoms with Crippen LogP contribution in [0.15, 0.2) is 65.5 Å². The number of methoxy groups -OCH3 is 2. The van der Waals surface area contributed by atoms with Crippen molar-refractivity contribution in [1.82, 2.24) is 4.57 Å². The Morgan fingerprint density at radius 3 is 1.88 bits per heavy atom. The summed E-state index contributed by atoms with van der Waals surface area (Å²) in [6.07, 6.45) is 0. The highest BCUT2D eigenvalue weighted by Gasteiger charge is 2.07. The Labute approximate surface area is 146 Å². The van der Waals surface area contributed by atoms with Gasteiger partial charge in [0.15, 0.2) is 0 Å². The third-order valence-electron chi connectivity index (χ3n) is 3.93. The largest absolute Gasteiger partial charge is 0.497 e. The van der Waals surface area contributed by atoms with Gasteiger partial charge < -0.3 is 14.8 Å². The Balaban J connectivity index is 1.89. The number of nitrogens with one attached hydrogen (secondary N) is 1. The number of hydrogen-bond donors (Lipinski definition) is 1. The third kappa shape index (κ3) is 3.66. The number of aryl methyl sites for hydroxylation is 1. The van der Waals surface area contributed by atoms with Crippen LogP contribution >= 0.6 is 0 Å². The number of anilines is 2. The van der Waals surface area contributed by atoms with E-state index < -0.39 is 0 Å². The van der Waals surface area contributed by atoms with Gasteiger partial charge in [-0.15, -0.1) is 0 Å². The van der Waals surface area contributed by atoms with Crippen molar-refractivity contribution in [2.75, 3.05) is 19.5 Å². The van der Waals surface area contributed by atoms with Crippen LogP contribution in [0.4, 0.5) is 11.4 Å². The molecule has 0 aliphatic rings. The highest BCUT2D eigenvalue weighted by atomic mass is 16.5. The van der Waals surface area contributed by atoms with Crippen molar-refractivity contribution >= 4 is 11.4 Å². The zero-order valence-electron chi connectivity index (χ0n) is 14.4. The lowest BCUT2D eigenvalue weighted by atomic mass is 10.2. The lowest BCUT2D eigenvalue weighted by Crippen LogP contribution is -2.20. The Morgan fingerprint density at radius 2 is 1.36 bits per heavy atom. The summed E-state index contributed by atoms with van der Waals surface area (Å²) in [5.74, 6) is 1.55. The molecule has 0 amide bonds. The minimum atomic E-state index is -0.0961. The summed E-state index contributed by atoms with van der Waals surface area (Å²) < 4.78 is 12.0. The van der Waals surface area contributed by atoms with Crippen LogP contribution in [0.5, 0.6) is 11.5 Å². The molecule has 0 bridgehead atoms. The highest BCUT2D eigenvalue weighted by molar-refractivity contribution is 5.60. The smallest absolute Gasteiger partial charge is 0.257 e. The molecule has 0 unspecified atom stereocenters. The van der Waals surface area contributed by atoms with Crippen molar-refractivity contribution < 1.29 is 9.47 Å². The molecular weight excluding hydrogens is 316 g/mol. The van der Waals surface area contributed by atoms with E-state index in [0.29, 0.717) is 0 Å². The molecule has 1 heterocycles. The minimum absolute atomic E-state index is 0.0961. The quantitative estimate of drug-likeness (QED) is 0.767. The number of pyridine rings is 1. The molecule has 25 heavy (non-hydrogen) atoms. The van der Waals surface area contributed by atoms with Crippen LogP contribution in [-0.2, 0) is 0 Å². The van der Waals surface area contributed by atoms with E-state index in [9.17, 15) is 4.79 Å². The molecule has 0 fully saturated rings. The second kappa shape index (κ2) is 7.13. The van der Waals surface area contributed by atoms with E-state index in [4.69, 9.17) is 9.47 Å². The summed E-state index contributed by atoms with van der Waals surface area (Å²) >= 11 is 0. The maximum absolute atomic E-state index is 12.6. The van der Waals surface area contributed by atoms with Crippen molar-refractivity contribution in [1.29, 1.82) is 0 Å². The van der Waals surface area contributed by atoms with Gasteiger partial charge in [0, 0.05) is 28.8 Å². The second-order valence-electron chi connectivity index (χ2n) is 5.61. The first kappa shape index (κ1) is 16.6. The van der Waals surface area contributed by atoms with Crippen LogP contribution < -0.4 is 20.3 Å². The van der Waals surface area contributed by atoms with Gasteiger partial charge in [0.2, 0.25) is 0 Å². The fraction of sp³-hybridized carbons (Fsp3) is 0.150. The number of nitrogens with zero attached hydrogens (tertiary/aromatic N) is 1. The summed E-state index contributed by atoms with van der Waals surface area (Å²) in [5.41, 5.74) is 3.19. The number of ether oxygens (including phenoxy) is 2. The second-order valence-corrected chi connectivity index (χ2v) is 5.61. The van der Waals surface area contributed by atoms with E-state index in [1.54, 1.807) is 24.9 Å². The molecule has 2 aromatic carbocycles. The van der Waals surface area contributed by atoms with Gasteiger partial charge in [-0.3, -0.25) is 9.36 Å². The normalized spacial score (nSPS) is 10.4. The molecule has 1 N–H and O–H groups in total. The van der Waals surface area contributed by atoms with Gasteiger partial charge in [-0.2, -0.15) is 0 Å². The van der Waals surface area contributed by atoms with Crippen molar-refractivity contribution in [2.24, 2.45) is 0 Å². The van der Waals surface area contributed by atoms with Crippen molar-refractivity contribution in [2.45, 2.75) is 6.92 Å². The fourth-order valence-corrected chi connectivity index (χ4v) is 2.68. The predicted molar refractivity (Wildman–Crippen MR) is 99.6 cm³/mol. The van der Waals surface area contributed by atoms with Crippen LogP contribution in [0.2, 0.25) is 0 Å². The topological polar surface area (TPSA) is 52.5 Å². The molecule has 0 spiro atoms. The Kier molecular flexibility index (Phi) is 4.75. The third-order valence-corrected chi connectivity index (χ3v) is 3.93. The maximum Gasteiger partial charge on any atom is 0.257 e. The number of hydrogen-bond acceptors (Lipinski definition) is 4. The van der Waals surface area contributed by atoms with Crippen molar-refractivity contribution in [3.63, 3.8) is 0 Å². The molecule has 0 aliphatic heterocycles. The van der Waals surface area contributed by atoms with Gasteiger partial charge >= 0.3 is 0 Å².